The number of amides is 1. The van der Waals surface area contributed by atoms with Crippen LogP contribution in [0.4, 0.5) is 0 Å². The summed E-state index contributed by atoms with van der Waals surface area (Å²) in [6.07, 6.45) is 2.35. The Bertz CT molecular complexity index is 846. The van der Waals surface area contributed by atoms with Crippen molar-refractivity contribution in [3.05, 3.63) is 34.7 Å². The monoisotopic (exact) mass is 375 g/mol. The Hall–Kier alpha value is -1.61. The highest BCUT2D eigenvalue weighted by molar-refractivity contribution is 7.20. The molecule has 1 aromatic carbocycles. The lowest BCUT2D eigenvalue weighted by molar-refractivity contribution is -0.0377. The fourth-order valence-electron chi connectivity index (χ4n) is 4.30. The SMILES string of the molecule is CC1(C)C(NC(=O)c2cc3ccc(C#N)cc3s2)C2CCN1CC2.Cl. The van der Waals surface area contributed by atoms with E-state index in [1.807, 2.05) is 18.2 Å². The van der Waals surface area contributed by atoms with Crippen LogP contribution >= 0.6 is 23.7 Å². The highest BCUT2D eigenvalue weighted by Gasteiger charge is 2.48. The van der Waals surface area contributed by atoms with Gasteiger partial charge in [0.1, 0.15) is 0 Å². The van der Waals surface area contributed by atoms with Crippen molar-refractivity contribution in [1.82, 2.24) is 10.2 Å². The lowest BCUT2D eigenvalue weighted by atomic mass is 9.72. The fraction of sp³-hybridized carbons (Fsp3) is 0.474. The Morgan fingerprint density at radius 1 is 1.32 bits per heavy atom. The van der Waals surface area contributed by atoms with Crippen LogP contribution < -0.4 is 5.32 Å². The number of thiophene rings is 1. The molecule has 0 saturated carbocycles. The van der Waals surface area contributed by atoms with Crippen LogP contribution in [0.5, 0.6) is 0 Å². The van der Waals surface area contributed by atoms with E-state index in [1.54, 1.807) is 6.07 Å². The first-order valence-electron chi connectivity index (χ1n) is 8.48. The molecule has 0 radical (unpaired) electrons. The van der Waals surface area contributed by atoms with Crippen molar-refractivity contribution < 1.29 is 4.79 Å². The summed E-state index contributed by atoms with van der Waals surface area (Å²) in [4.78, 5) is 16.0. The summed E-state index contributed by atoms with van der Waals surface area (Å²) in [5, 5.41) is 13.4. The molecular weight excluding hydrogens is 354 g/mol. The zero-order valence-corrected chi connectivity index (χ0v) is 16.0. The van der Waals surface area contributed by atoms with Crippen molar-refractivity contribution in [2.75, 3.05) is 13.1 Å². The number of nitriles is 1. The number of nitrogens with zero attached hydrogens (tertiary/aromatic N) is 2. The third-order valence-electron chi connectivity index (χ3n) is 5.75. The van der Waals surface area contributed by atoms with E-state index in [-0.39, 0.29) is 29.9 Å². The van der Waals surface area contributed by atoms with Crippen molar-refractivity contribution >= 4 is 39.7 Å². The molecule has 1 aromatic heterocycles. The van der Waals surface area contributed by atoms with Crippen molar-refractivity contribution in [3.63, 3.8) is 0 Å². The lowest BCUT2D eigenvalue weighted by Gasteiger charge is -2.56. The highest BCUT2D eigenvalue weighted by atomic mass is 35.5. The first-order valence-corrected chi connectivity index (χ1v) is 9.30. The predicted octanol–water partition coefficient (Wildman–Crippen LogP) is 3.80. The molecule has 132 valence electrons. The summed E-state index contributed by atoms with van der Waals surface area (Å²) in [5.74, 6) is 0.593. The van der Waals surface area contributed by atoms with Crippen LogP contribution in [-0.2, 0) is 0 Å². The van der Waals surface area contributed by atoms with Gasteiger partial charge in [-0.05, 0) is 69.3 Å². The minimum absolute atomic E-state index is 0. The van der Waals surface area contributed by atoms with Crippen LogP contribution in [0.25, 0.3) is 10.1 Å². The average molecular weight is 376 g/mol. The second-order valence-corrected chi connectivity index (χ2v) is 8.49. The molecule has 2 aromatic rings. The third-order valence-corrected chi connectivity index (χ3v) is 6.84. The molecule has 2 bridgehead atoms. The summed E-state index contributed by atoms with van der Waals surface area (Å²) in [7, 11) is 0. The number of carbonyl (C=O) groups is 1. The number of fused-ring (bicyclic) bond motifs is 4. The maximum Gasteiger partial charge on any atom is 0.261 e. The zero-order chi connectivity index (χ0) is 16.9. The minimum Gasteiger partial charge on any atom is -0.346 e. The second-order valence-electron chi connectivity index (χ2n) is 7.40. The van der Waals surface area contributed by atoms with Crippen LogP contribution in [0, 0.1) is 17.2 Å². The Labute approximate surface area is 158 Å². The van der Waals surface area contributed by atoms with E-state index in [0.717, 1.165) is 28.1 Å². The molecule has 1 unspecified atom stereocenters. The van der Waals surface area contributed by atoms with Crippen LogP contribution in [0.1, 0.15) is 41.9 Å². The first kappa shape index (κ1) is 18.2. The molecule has 0 aliphatic carbocycles. The van der Waals surface area contributed by atoms with Crippen LogP contribution in [-0.4, -0.2) is 35.5 Å². The van der Waals surface area contributed by atoms with Crippen molar-refractivity contribution in [2.24, 2.45) is 5.92 Å². The topological polar surface area (TPSA) is 56.1 Å². The van der Waals surface area contributed by atoms with Gasteiger partial charge in [-0.3, -0.25) is 9.69 Å². The molecule has 6 heteroatoms. The number of rotatable bonds is 2. The van der Waals surface area contributed by atoms with E-state index in [9.17, 15) is 4.79 Å². The van der Waals surface area contributed by atoms with Crippen molar-refractivity contribution in [2.45, 2.75) is 38.3 Å². The number of hydrogen-bond donors (Lipinski definition) is 1. The van der Waals surface area contributed by atoms with Crippen LogP contribution in [0.3, 0.4) is 0 Å². The summed E-state index contributed by atoms with van der Waals surface area (Å²) in [6.45, 7) is 6.77. The molecule has 3 fully saturated rings. The summed E-state index contributed by atoms with van der Waals surface area (Å²) >= 11 is 1.47. The lowest BCUT2D eigenvalue weighted by Crippen LogP contribution is -2.69. The number of nitrogens with one attached hydrogen (secondary N) is 1. The van der Waals surface area contributed by atoms with Gasteiger partial charge in [0.2, 0.25) is 0 Å². The number of benzene rings is 1. The van der Waals surface area contributed by atoms with Gasteiger partial charge in [-0.15, -0.1) is 23.7 Å². The maximum absolute atomic E-state index is 12.8. The van der Waals surface area contributed by atoms with Gasteiger partial charge in [0.25, 0.3) is 5.91 Å². The summed E-state index contributed by atoms with van der Waals surface area (Å²) in [5.41, 5.74) is 0.649. The van der Waals surface area contributed by atoms with Gasteiger partial charge in [-0.2, -0.15) is 5.26 Å². The Balaban J connectivity index is 0.00000182. The fourth-order valence-corrected chi connectivity index (χ4v) is 5.31. The van der Waals surface area contributed by atoms with Gasteiger partial charge in [-0.25, -0.2) is 0 Å². The van der Waals surface area contributed by atoms with Gasteiger partial charge in [0, 0.05) is 16.3 Å². The Kier molecular flexibility index (Phi) is 4.80. The molecule has 4 nitrogen and oxygen atoms in total. The molecule has 25 heavy (non-hydrogen) atoms. The minimum atomic E-state index is 0. The van der Waals surface area contributed by atoms with Gasteiger partial charge >= 0.3 is 0 Å². The smallest absolute Gasteiger partial charge is 0.261 e. The first-order chi connectivity index (χ1) is 11.5. The molecule has 3 aliphatic heterocycles. The average Bonchev–Trinajstić information content (AvgIpc) is 3.01. The number of piperidine rings is 3. The molecule has 1 amide bonds. The third kappa shape index (κ3) is 3.03. The molecule has 0 spiro atoms. The number of halogens is 1. The van der Waals surface area contributed by atoms with Crippen LogP contribution in [0.2, 0.25) is 0 Å². The van der Waals surface area contributed by atoms with E-state index < -0.39 is 0 Å². The molecule has 4 heterocycles. The van der Waals surface area contributed by atoms with Gasteiger partial charge in [0.05, 0.1) is 16.5 Å². The van der Waals surface area contributed by atoms with E-state index >= 15 is 0 Å². The van der Waals surface area contributed by atoms with E-state index in [4.69, 9.17) is 5.26 Å². The standard InChI is InChI=1S/C19H21N3OS.ClH/c1-19(2)17(13-5-7-22(19)8-6-13)21-18(23)16-10-14-4-3-12(11-20)9-15(14)24-16;/h3-4,9-10,13,17H,5-8H2,1-2H3,(H,21,23);1H. The zero-order valence-electron chi connectivity index (χ0n) is 14.4. The quantitative estimate of drug-likeness (QED) is 0.868. The van der Waals surface area contributed by atoms with Crippen molar-refractivity contribution in [1.29, 1.82) is 5.26 Å². The molecule has 3 aliphatic rings. The van der Waals surface area contributed by atoms with Gasteiger partial charge < -0.3 is 5.32 Å². The largest absolute Gasteiger partial charge is 0.346 e. The number of carbonyl (C=O) groups excluding carboxylic acids is 1. The normalized spacial score (nSPS) is 26.7. The molecular formula is C19H22ClN3OS. The van der Waals surface area contributed by atoms with Gasteiger partial charge in [0.15, 0.2) is 0 Å². The van der Waals surface area contributed by atoms with Crippen LogP contribution in [0.15, 0.2) is 24.3 Å². The molecule has 5 rings (SSSR count). The van der Waals surface area contributed by atoms with E-state index in [2.05, 4.69) is 30.1 Å². The molecule has 1 atom stereocenters. The Morgan fingerprint density at radius 2 is 2.04 bits per heavy atom. The van der Waals surface area contributed by atoms with Gasteiger partial charge in [-0.1, -0.05) is 6.07 Å². The second kappa shape index (κ2) is 6.60. The van der Waals surface area contributed by atoms with E-state index in [0.29, 0.717) is 11.5 Å². The van der Waals surface area contributed by atoms with Crippen molar-refractivity contribution in [3.8, 4) is 6.07 Å². The maximum atomic E-state index is 12.8. The van der Waals surface area contributed by atoms with E-state index in [1.165, 1.54) is 24.2 Å². The highest BCUT2D eigenvalue weighted by Crippen LogP contribution is 2.39. The molecule has 3 saturated heterocycles. The summed E-state index contributed by atoms with van der Waals surface area (Å²) in [6, 6.07) is 9.86. The predicted molar refractivity (Wildman–Crippen MR) is 103 cm³/mol. The molecule has 1 N–H and O–H groups in total. The Morgan fingerprint density at radius 3 is 2.68 bits per heavy atom. The summed E-state index contributed by atoms with van der Waals surface area (Å²) < 4.78 is 0.993. The number of hydrogen-bond acceptors (Lipinski definition) is 4.